The van der Waals surface area contributed by atoms with Gasteiger partial charge in [0.2, 0.25) is 5.91 Å². The van der Waals surface area contributed by atoms with E-state index in [0.717, 1.165) is 0 Å². The number of aliphatic carboxylic acids is 1. The molecular formula is C14H25NO9. The molecule has 1 aliphatic rings. The van der Waals surface area contributed by atoms with E-state index in [-0.39, 0.29) is 6.61 Å². The lowest BCUT2D eigenvalue weighted by Gasteiger charge is -2.46. The normalized spacial score (nSPS) is 32.8. The van der Waals surface area contributed by atoms with Crippen LogP contribution in [0.5, 0.6) is 0 Å². The smallest absolute Gasteiger partial charge is 0.364 e. The minimum atomic E-state index is -2.23. The van der Waals surface area contributed by atoms with Crippen LogP contribution in [-0.4, -0.2) is 86.9 Å². The lowest BCUT2D eigenvalue weighted by Crippen LogP contribution is -2.67. The SMILES string of the molecule is CCCOC1(C(=O)O)C[C@H](O)[C@@H](NC(C)=O)[C@H](C(O)C(O)CO)O1. The Morgan fingerprint density at radius 3 is 2.50 bits per heavy atom. The average molecular weight is 351 g/mol. The standard InChI is InChI=1S/C14H25NO9/c1-3-4-23-14(13(21)22)5-8(18)10(15-7(2)17)12(24-14)11(20)9(19)6-16/h8-12,16,18-20H,3-6H2,1-2H3,(H,15,17)(H,21,22)/t8-,9?,10+,11?,12+,14?/m0/s1. The first-order valence-electron chi connectivity index (χ1n) is 7.65. The van der Waals surface area contributed by atoms with E-state index in [1.807, 2.05) is 0 Å². The maximum atomic E-state index is 11.6. The van der Waals surface area contributed by atoms with Gasteiger partial charge in [0.05, 0.1) is 25.4 Å². The van der Waals surface area contributed by atoms with E-state index in [1.54, 1.807) is 6.92 Å². The van der Waals surface area contributed by atoms with Gasteiger partial charge in [0.15, 0.2) is 0 Å². The summed E-state index contributed by atoms with van der Waals surface area (Å²) in [4.78, 5) is 22.9. The van der Waals surface area contributed by atoms with Gasteiger partial charge in [-0.1, -0.05) is 6.92 Å². The number of ether oxygens (including phenoxy) is 2. The van der Waals surface area contributed by atoms with E-state index >= 15 is 0 Å². The summed E-state index contributed by atoms with van der Waals surface area (Å²) in [5.41, 5.74) is 0. The molecule has 0 saturated carbocycles. The van der Waals surface area contributed by atoms with Crippen LogP contribution >= 0.6 is 0 Å². The summed E-state index contributed by atoms with van der Waals surface area (Å²) in [6.07, 6.45) is -6.34. The van der Waals surface area contributed by atoms with Crippen molar-refractivity contribution in [3.8, 4) is 0 Å². The first kappa shape index (κ1) is 20.7. The number of aliphatic hydroxyl groups is 4. The summed E-state index contributed by atoms with van der Waals surface area (Å²) in [6.45, 7) is 2.12. The first-order valence-corrected chi connectivity index (χ1v) is 7.65. The molecule has 6 atom stereocenters. The highest BCUT2D eigenvalue weighted by molar-refractivity contribution is 5.76. The molecule has 1 aliphatic heterocycles. The highest BCUT2D eigenvalue weighted by Gasteiger charge is 2.55. The molecule has 6 N–H and O–H groups in total. The van der Waals surface area contributed by atoms with Crippen LogP contribution in [0.2, 0.25) is 0 Å². The minimum Gasteiger partial charge on any atom is -0.477 e. The summed E-state index contributed by atoms with van der Waals surface area (Å²) in [7, 11) is 0. The summed E-state index contributed by atoms with van der Waals surface area (Å²) in [5.74, 6) is -4.28. The predicted molar refractivity (Wildman–Crippen MR) is 78.8 cm³/mol. The summed E-state index contributed by atoms with van der Waals surface area (Å²) in [6, 6.07) is -1.18. The van der Waals surface area contributed by atoms with E-state index in [9.17, 15) is 30.0 Å². The van der Waals surface area contributed by atoms with E-state index in [1.165, 1.54) is 6.92 Å². The Balaban J connectivity index is 3.16. The highest BCUT2D eigenvalue weighted by Crippen LogP contribution is 2.33. The molecular weight excluding hydrogens is 326 g/mol. The molecule has 0 aromatic heterocycles. The minimum absolute atomic E-state index is 0.0230. The van der Waals surface area contributed by atoms with Gasteiger partial charge in [0.1, 0.15) is 18.3 Å². The fourth-order valence-corrected chi connectivity index (χ4v) is 2.54. The van der Waals surface area contributed by atoms with E-state index in [4.69, 9.17) is 14.6 Å². The third kappa shape index (κ3) is 4.62. The molecule has 10 heteroatoms. The molecule has 1 rings (SSSR count). The Morgan fingerprint density at radius 1 is 1.42 bits per heavy atom. The van der Waals surface area contributed by atoms with Crippen molar-refractivity contribution in [1.29, 1.82) is 0 Å². The van der Waals surface area contributed by atoms with E-state index < -0.39 is 61.1 Å². The number of aliphatic hydroxyl groups excluding tert-OH is 4. The number of amides is 1. The fraction of sp³-hybridized carbons (Fsp3) is 0.857. The van der Waals surface area contributed by atoms with E-state index in [0.29, 0.717) is 6.42 Å². The molecule has 1 fully saturated rings. The number of carboxylic acids is 1. The quantitative estimate of drug-likeness (QED) is 0.278. The molecule has 0 radical (unpaired) electrons. The molecule has 0 bridgehead atoms. The molecule has 140 valence electrons. The third-order valence-electron chi connectivity index (χ3n) is 3.73. The van der Waals surface area contributed by atoms with Gasteiger partial charge in [-0.3, -0.25) is 4.79 Å². The van der Waals surface area contributed by atoms with Crippen molar-refractivity contribution < 1.29 is 44.6 Å². The first-order chi connectivity index (χ1) is 11.2. The second-order valence-electron chi connectivity index (χ2n) is 5.73. The van der Waals surface area contributed by atoms with Crippen LogP contribution < -0.4 is 5.32 Å². The van der Waals surface area contributed by atoms with Gasteiger partial charge in [-0.15, -0.1) is 0 Å². The zero-order chi connectivity index (χ0) is 18.5. The van der Waals surface area contributed by atoms with Crippen molar-refractivity contribution in [2.24, 2.45) is 0 Å². The van der Waals surface area contributed by atoms with Crippen LogP contribution in [0, 0.1) is 0 Å². The highest BCUT2D eigenvalue weighted by atomic mass is 16.7. The maximum Gasteiger partial charge on any atom is 0.364 e. The zero-order valence-corrected chi connectivity index (χ0v) is 13.6. The molecule has 1 heterocycles. The van der Waals surface area contributed by atoms with Crippen LogP contribution in [-0.2, 0) is 19.1 Å². The average Bonchev–Trinajstić information content (AvgIpc) is 2.53. The second kappa shape index (κ2) is 8.70. The van der Waals surface area contributed by atoms with Crippen LogP contribution in [0.3, 0.4) is 0 Å². The van der Waals surface area contributed by atoms with Crippen molar-refractivity contribution >= 4 is 11.9 Å². The second-order valence-corrected chi connectivity index (χ2v) is 5.73. The Labute approximate surface area is 139 Å². The van der Waals surface area contributed by atoms with Gasteiger partial charge in [0.25, 0.3) is 5.79 Å². The lowest BCUT2D eigenvalue weighted by atomic mass is 9.88. The van der Waals surface area contributed by atoms with E-state index in [2.05, 4.69) is 5.32 Å². The zero-order valence-electron chi connectivity index (χ0n) is 13.6. The molecule has 1 amide bonds. The summed E-state index contributed by atoms with van der Waals surface area (Å²) in [5, 5.41) is 50.9. The van der Waals surface area contributed by atoms with Gasteiger partial charge in [0, 0.05) is 13.3 Å². The number of hydrogen-bond acceptors (Lipinski definition) is 8. The lowest BCUT2D eigenvalue weighted by molar-refractivity contribution is -0.311. The molecule has 3 unspecified atom stereocenters. The number of carboxylic acid groups (broad SMARTS) is 1. The van der Waals surface area contributed by atoms with Crippen molar-refractivity contribution in [1.82, 2.24) is 5.32 Å². The van der Waals surface area contributed by atoms with Crippen molar-refractivity contribution in [2.45, 2.75) is 62.9 Å². The van der Waals surface area contributed by atoms with Crippen molar-refractivity contribution in [3.63, 3.8) is 0 Å². The van der Waals surface area contributed by atoms with Crippen molar-refractivity contribution in [2.75, 3.05) is 13.2 Å². The summed E-state index contributed by atoms with van der Waals surface area (Å²) < 4.78 is 10.6. The maximum absolute atomic E-state index is 11.6. The molecule has 0 spiro atoms. The topological polar surface area (TPSA) is 166 Å². The van der Waals surface area contributed by atoms with Crippen LogP contribution in [0.15, 0.2) is 0 Å². The van der Waals surface area contributed by atoms with Gasteiger partial charge in [-0.25, -0.2) is 4.79 Å². The number of rotatable bonds is 8. The van der Waals surface area contributed by atoms with Crippen molar-refractivity contribution in [3.05, 3.63) is 0 Å². The predicted octanol–water partition coefficient (Wildman–Crippen LogP) is -2.44. The summed E-state index contributed by atoms with van der Waals surface area (Å²) >= 11 is 0. The molecule has 24 heavy (non-hydrogen) atoms. The van der Waals surface area contributed by atoms with Crippen LogP contribution in [0.25, 0.3) is 0 Å². The largest absolute Gasteiger partial charge is 0.477 e. The number of carbonyl (C=O) groups excluding carboxylic acids is 1. The molecule has 1 saturated heterocycles. The number of hydrogen-bond donors (Lipinski definition) is 6. The molecule has 0 aliphatic carbocycles. The third-order valence-corrected chi connectivity index (χ3v) is 3.73. The Hall–Kier alpha value is -1.30. The van der Waals surface area contributed by atoms with Gasteiger partial charge in [-0.05, 0) is 6.42 Å². The monoisotopic (exact) mass is 351 g/mol. The van der Waals surface area contributed by atoms with Crippen LogP contribution in [0.4, 0.5) is 0 Å². The van der Waals surface area contributed by atoms with Gasteiger partial charge >= 0.3 is 5.97 Å². The molecule has 0 aromatic rings. The van der Waals surface area contributed by atoms with Gasteiger partial charge < -0.3 is 40.3 Å². The molecule has 10 nitrogen and oxygen atoms in total. The fourth-order valence-electron chi connectivity index (χ4n) is 2.54. The van der Waals surface area contributed by atoms with Gasteiger partial charge in [-0.2, -0.15) is 0 Å². The Kier molecular flexibility index (Phi) is 7.52. The van der Waals surface area contributed by atoms with Crippen LogP contribution in [0.1, 0.15) is 26.7 Å². The Bertz CT molecular complexity index is 446. The molecule has 0 aromatic carbocycles. The number of nitrogens with one attached hydrogen (secondary N) is 1. The number of carbonyl (C=O) groups is 2. The Morgan fingerprint density at radius 2 is 2.04 bits per heavy atom.